The number of halogens is 1. The van der Waals surface area contributed by atoms with Gasteiger partial charge in [-0.05, 0) is 61.8 Å². The third kappa shape index (κ3) is 3.15. The van der Waals surface area contributed by atoms with Crippen molar-refractivity contribution in [3.63, 3.8) is 0 Å². The lowest BCUT2D eigenvalue weighted by Gasteiger charge is -2.20. The summed E-state index contributed by atoms with van der Waals surface area (Å²) >= 11 is 3.62. The Balaban J connectivity index is 2.43. The molecule has 0 spiro atoms. The van der Waals surface area contributed by atoms with Gasteiger partial charge in [0.2, 0.25) is 0 Å². The SMILES string of the molecule is CCCNC(c1ccc(C)o1)c1c(Br)cnn1C(C)C. The van der Waals surface area contributed by atoms with Crippen LogP contribution < -0.4 is 5.32 Å². The van der Waals surface area contributed by atoms with Crippen LogP contribution >= 0.6 is 15.9 Å². The summed E-state index contributed by atoms with van der Waals surface area (Å²) in [7, 11) is 0. The molecule has 1 unspecified atom stereocenters. The maximum absolute atomic E-state index is 5.83. The highest BCUT2D eigenvalue weighted by atomic mass is 79.9. The van der Waals surface area contributed by atoms with Crippen LogP contribution in [0, 0.1) is 6.92 Å². The van der Waals surface area contributed by atoms with E-state index in [1.54, 1.807) is 0 Å². The normalized spacial score (nSPS) is 13.1. The van der Waals surface area contributed by atoms with Crippen LogP contribution in [0.5, 0.6) is 0 Å². The van der Waals surface area contributed by atoms with Gasteiger partial charge in [0.1, 0.15) is 17.6 Å². The second-order valence-corrected chi connectivity index (χ2v) is 6.11. The average Bonchev–Trinajstić information content (AvgIpc) is 2.98. The van der Waals surface area contributed by atoms with Crippen molar-refractivity contribution < 1.29 is 4.42 Å². The van der Waals surface area contributed by atoms with Crippen LogP contribution in [0.2, 0.25) is 0 Å². The summed E-state index contributed by atoms with van der Waals surface area (Å²) in [4.78, 5) is 0. The van der Waals surface area contributed by atoms with Crippen molar-refractivity contribution in [3.05, 3.63) is 40.0 Å². The molecule has 110 valence electrons. The summed E-state index contributed by atoms with van der Waals surface area (Å²) < 4.78 is 8.88. The molecule has 0 saturated carbocycles. The van der Waals surface area contributed by atoms with E-state index in [9.17, 15) is 0 Å². The van der Waals surface area contributed by atoms with Crippen molar-refractivity contribution >= 4 is 15.9 Å². The summed E-state index contributed by atoms with van der Waals surface area (Å²) in [5.41, 5.74) is 1.11. The highest BCUT2D eigenvalue weighted by Gasteiger charge is 2.25. The van der Waals surface area contributed by atoms with Crippen molar-refractivity contribution in [2.45, 2.75) is 46.2 Å². The first kappa shape index (κ1) is 15.3. The quantitative estimate of drug-likeness (QED) is 0.856. The number of nitrogens with zero attached hydrogens (tertiary/aromatic N) is 2. The fourth-order valence-corrected chi connectivity index (χ4v) is 2.76. The second-order valence-electron chi connectivity index (χ2n) is 5.25. The van der Waals surface area contributed by atoms with E-state index in [4.69, 9.17) is 4.42 Å². The Morgan fingerprint density at radius 1 is 1.40 bits per heavy atom. The van der Waals surface area contributed by atoms with Crippen LogP contribution in [0.3, 0.4) is 0 Å². The summed E-state index contributed by atoms with van der Waals surface area (Å²) in [6, 6.07) is 4.36. The third-order valence-electron chi connectivity index (χ3n) is 3.19. The topological polar surface area (TPSA) is 43.0 Å². The number of rotatable bonds is 6. The number of hydrogen-bond donors (Lipinski definition) is 1. The van der Waals surface area contributed by atoms with Gasteiger partial charge < -0.3 is 9.73 Å². The van der Waals surface area contributed by atoms with Crippen molar-refractivity contribution in [3.8, 4) is 0 Å². The van der Waals surface area contributed by atoms with Crippen LogP contribution in [0.15, 0.2) is 27.2 Å². The number of aryl methyl sites for hydroxylation is 1. The molecule has 2 aromatic rings. The predicted molar refractivity (Wildman–Crippen MR) is 83.9 cm³/mol. The Labute approximate surface area is 128 Å². The monoisotopic (exact) mass is 339 g/mol. The third-order valence-corrected chi connectivity index (χ3v) is 3.80. The molecule has 0 bridgehead atoms. The number of aromatic nitrogens is 2. The summed E-state index contributed by atoms with van der Waals surface area (Å²) in [6.07, 6.45) is 2.93. The first-order chi connectivity index (χ1) is 9.54. The van der Waals surface area contributed by atoms with Crippen molar-refractivity contribution in [2.24, 2.45) is 0 Å². The molecule has 2 aromatic heterocycles. The molecule has 0 saturated heterocycles. The van der Waals surface area contributed by atoms with E-state index < -0.39 is 0 Å². The molecule has 1 atom stereocenters. The van der Waals surface area contributed by atoms with E-state index in [1.165, 1.54) is 0 Å². The smallest absolute Gasteiger partial charge is 0.127 e. The van der Waals surface area contributed by atoms with E-state index in [1.807, 2.05) is 29.9 Å². The van der Waals surface area contributed by atoms with E-state index in [0.29, 0.717) is 6.04 Å². The molecule has 4 nitrogen and oxygen atoms in total. The van der Waals surface area contributed by atoms with Gasteiger partial charge in [0, 0.05) is 6.04 Å². The predicted octanol–water partition coefficient (Wildman–Crippen LogP) is 4.22. The van der Waals surface area contributed by atoms with Gasteiger partial charge in [0.25, 0.3) is 0 Å². The molecule has 0 aromatic carbocycles. The minimum atomic E-state index is 0.0166. The minimum absolute atomic E-state index is 0.0166. The van der Waals surface area contributed by atoms with Crippen LogP contribution in [0.4, 0.5) is 0 Å². The zero-order valence-electron chi connectivity index (χ0n) is 12.5. The maximum atomic E-state index is 5.83. The minimum Gasteiger partial charge on any atom is -0.464 e. The number of furan rings is 1. The average molecular weight is 340 g/mol. The highest BCUT2D eigenvalue weighted by Crippen LogP contribution is 2.31. The first-order valence-electron chi connectivity index (χ1n) is 7.07. The van der Waals surface area contributed by atoms with Gasteiger partial charge in [-0.15, -0.1) is 0 Å². The van der Waals surface area contributed by atoms with Crippen LogP contribution in [0.25, 0.3) is 0 Å². The summed E-state index contributed by atoms with van der Waals surface area (Å²) in [5.74, 6) is 1.86. The van der Waals surface area contributed by atoms with Crippen LogP contribution in [-0.4, -0.2) is 16.3 Å². The molecule has 0 amide bonds. The molecule has 0 aliphatic carbocycles. The van der Waals surface area contributed by atoms with Crippen LogP contribution in [0.1, 0.15) is 56.5 Å². The Kier molecular flexibility index (Phi) is 5.05. The largest absolute Gasteiger partial charge is 0.464 e. The van der Waals surface area contributed by atoms with E-state index in [2.05, 4.69) is 47.1 Å². The number of hydrogen-bond acceptors (Lipinski definition) is 3. The zero-order chi connectivity index (χ0) is 14.7. The fourth-order valence-electron chi connectivity index (χ4n) is 2.26. The molecule has 5 heteroatoms. The molecular formula is C15H22BrN3O. The van der Waals surface area contributed by atoms with Gasteiger partial charge in [-0.25, -0.2) is 0 Å². The lowest BCUT2D eigenvalue weighted by Crippen LogP contribution is -2.26. The second kappa shape index (κ2) is 6.59. The van der Waals surface area contributed by atoms with Crippen molar-refractivity contribution in [1.29, 1.82) is 0 Å². The molecule has 0 fully saturated rings. The van der Waals surface area contributed by atoms with E-state index >= 15 is 0 Å². The van der Waals surface area contributed by atoms with Gasteiger partial charge in [0.05, 0.1) is 16.4 Å². The molecular weight excluding hydrogens is 318 g/mol. The van der Waals surface area contributed by atoms with Crippen molar-refractivity contribution in [2.75, 3.05) is 6.54 Å². The molecule has 0 radical (unpaired) electrons. The maximum Gasteiger partial charge on any atom is 0.127 e. The van der Waals surface area contributed by atoms with Gasteiger partial charge in [-0.3, -0.25) is 4.68 Å². The lowest BCUT2D eigenvalue weighted by atomic mass is 10.1. The van der Waals surface area contributed by atoms with Gasteiger partial charge in [-0.2, -0.15) is 5.10 Å². The summed E-state index contributed by atoms with van der Waals surface area (Å²) in [6.45, 7) is 9.32. The zero-order valence-corrected chi connectivity index (χ0v) is 14.1. The van der Waals surface area contributed by atoms with E-state index in [-0.39, 0.29) is 6.04 Å². The molecule has 0 aliphatic rings. The molecule has 20 heavy (non-hydrogen) atoms. The molecule has 2 heterocycles. The summed E-state index contributed by atoms with van der Waals surface area (Å²) in [5, 5.41) is 8.02. The van der Waals surface area contributed by atoms with Gasteiger partial charge in [0.15, 0.2) is 0 Å². The first-order valence-corrected chi connectivity index (χ1v) is 7.86. The Morgan fingerprint density at radius 2 is 2.15 bits per heavy atom. The van der Waals surface area contributed by atoms with Gasteiger partial charge >= 0.3 is 0 Å². The Hall–Kier alpha value is -1.07. The Morgan fingerprint density at radius 3 is 2.70 bits per heavy atom. The van der Waals surface area contributed by atoms with Crippen LogP contribution in [-0.2, 0) is 0 Å². The number of nitrogens with one attached hydrogen (secondary N) is 1. The Bertz CT molecular complexity index is 559. The molecule has 1 N–H and O–H groups in total. The highest BCUT2D eigenvalue weighted by molar-refractivity contribution is 9.10. The van der Waals surface area contributed by atoms with E-state index in [0.717, 1.165) is 34.7 Å². The standard InChI is InChI=1S/C15H22BrN3O/c1-5-8-17-14(13-7-6-11(4)20-13)15-12(16)9-18-19(15)10(2)3/h6-7,9-10,14,17H,5,8H2,1-4H3. The molecule has 0 aliphatic heterocycles. The fraction of sp³-hybridized carbons (Fsp3) is 0.533. The van der Waals surface area contributed by atoms with Gasteiger partial charge in [-0.1, -0.05) is 6.92 Å². The lowest BCUT2D eigenvalue weighted by molar-refractivity contribution is 0.401. The molecule has 2 rings (SSSR count). The van der Waals surface area contributed by atoms with Crippen molar-refractivity contribution in [1.82, 2.24) is 15.1 Å².